The van der Waals surface area contributed by atoms with Crippen molar-refractivity contribution in [1.29, 1.82) is 0 Å². The average Bonchev–Trinajstić information content (AvgIpc) is 2.59. The van der Waals surface area contributed by atoms with E-state index in [1.165, 1.54) is 6.07 Å². The number of halogens is 1. The second-order valence-corrected chi connectivity index (χ2v) is 6.00. The van der Waals surface area contributed by atoms with E-state index in [0.29, 0.717) is 22.8 Å². The van der Waals surface area contributed by atoms with Crippen LogP contribution in [0.2, 0.25) is 0 Å². The SMILES string of the molecule is CCCOC(=O)c1ccc(NC(=O)CSc2ccccc2F)cc1. The van der Waals surface area contributed by atoms with Crippen LogP contribution in [0.25, 0.3) is 0 Å². The third kappa shape index (κ3) is 5.38. The predicted molar refractivity (Wildman–Crippen MR) is 92.8 cm³/mol. The van der Waals surface area contributed by atoms with Crippen LogP contribution in [0.15, 0.2) is 53.4 Å². The predicted octanol–water partition coefficient (Wildman–Crippen LogP) is 4.12. The number of amides is 1. The van der Waals surface area contributed by atoms with Crippen LogP contribution in [0.5, 0.6) is 0 Å². The maximum atomic E-state index is 13.5. The summed E-state index contributed by atoms with van der Waals surface area (Å²) in [6, 6.07) is 12.8. The number of ether oxygens (including phenoxy) is 1. The van der Waals surface area contributed by atoms with Crippen molar-refractivity contribution in [1.82, 2.24) is 0 Å². The molecule has 0 aromatic heterocycles. The van der Waals surface area contributed by atoms with Crippen LogP contribution in [-0.2, 0) is 9.53 Å². The zero-order valence-electron chi connectivity index (χ0n) is 13.3. The van der Waals surface area contributed by atoms with Gasteiger partial charge in [0.15, 0.2) is 0 Å². The highest BCUT2D eigenvalue weighted by Crippen LogP contribution is 2.21. The fraction of sp³-hybridized carbons (Fsp3) is 0.222. The molecule has 0 fully saturated rings. The standard InChI is InChI=1S/C18H18FNO3S/c1-2-11-23-18(22)13-7-9-14(10-8-13)20-17(21)12-24-16-6-4-3-5-15(16)19/h3-10H,2,11-12H2,1H3,(H,20,21). The van der Waals surface area contributed by atoms with Crippen molar-refractivity contribution in [3.8, 4) is 0 Å². The van der Waals surface area contributed by atoms with E-state index in [4.69, 9.17) is 4.74 Å². The lowest BCUT2D eigenvalue weighted by atomic mass is 10.2. The number of carbonyl (C=O) groups excluding carboxylic acids is 2. The zero-order chi connectivity index (χ0) is 17.4. The molecule has 0 unspecified atom stereocenters. The Morgan fingerprint density at radius 3 is 2.50 bits per heavy atom. The van der Waals surface area contributed by atoms with Crippen molar-refractivity contribution in [2.75, 3.05) is 17.7 Å². The van der Waals surface area contributed by atoms with Crippen LogP contribution in [0.1, 0.15) is 23.7 Å². The molecule has 0 aliphatic carbocycles. The summed E-state index contributed by atoms with van der Waals surface area (Å²) in [6.45, 7) is 2.30. The lowest BCUT2D eigenvalue weighted by Crippen LogP contribution is -2.14. The van der Waals surface area contributed by atoms with Crippen LogP contribution in [-0.4, -0.2) is 24.2 Å². The van der Waals surface area contributed by atoms with Crippen molar-refractivity contribution >= 4 is 29.3 Å². The van der Waals surface area contributed by atoms with Crippen molar-refractivity contribution in [3.63, 3.8) is 0 Å². The molecular weight excluding hydrogens is 329 g/mol. The highest BCUT2D eigenvalue weighted by molar-refractivity contribution is 8.00. The molecule has 6 heteroatoms. The number of thioether (sulfide) groups is 1. The summed E-state index contributed by atoms with van der Waals surface area (Å²) in [6.07, 6.45) is 0.763. The molecule has 0 saturated heterocycles. The van der Waals surface area contributed by atoms with Gasteiger partial charge in [0.25, 0.3) is 0 Å². The molecule has 2 aromatic carbocycles. The largest absolute Gasteiger partial charge is 0.462 e. The average molecular weight is 347 g/mol. The van der Waals surface area contributed by atoms with E-state index in [0.717, 1.165) is 18.2 Å². The monoisotopic (exact) mass is 347 g/mol. The van der Waals surface area contributed by atoms with E-state index in [-0.39, 0.29) is 23.4 Å². The topological polar surface area (TPSA) is 55.4 Å². The van der Waals surface area contributed by atoms with Gasteiger partial charge in [-0.05, 0) is 42.8 Å². The summed E-state index contributed by atoms with van der Waals surface area (Å²) in [4.78, 5) is 24.0. The van der Waals surface area contributed by atoms with Gasteiger partial charge in [-0.25, -0.2) is 9.18 Å². The minimum Gasteiger partial charge on any atom is -0.462 e. The maximum absolute atomic E-state index is 13.5. The molecular formula is C18H18FNO3S. The quantitative estimate of drug-likeness (QED) is 0.604. The van der Waals surface area contributed by atoms with Gasteiger partial charge in [-0.1, -0.05) is 19.1 Å². The Hall–Kier alpha value is -2.34. The normalized spacial score (nSPS) is 10.2. The Morgan fingerprint density at radius 1 is 1.12 bits per heavy atom. The van der Waals surface area contributed by atoms with Crippen molar-refractivity contribution in [3.05, 3.63) is 59.9 Å². The second-order valence-electron chi connectivity index (χ2n) is 4.98. The van der Waals surface area contributed by atoms with Gasteiger partial charge in [0, 0.05) is 10.6 Å². The summed E-state index contributed by atoms with van der Waals surface area (Å²) in [5, 5.41) is 2.71. The molecule has 2 aromatic rings. The first kappa shape index (κ1) is 18.0. The number of anilines is 1. The van der Waals surface area contributed by atoms with Crippen LogP contribution >= 0.6 is 11.8 Å². The van der Waals surface area contributed by atoms with Gasteiger partial charge in [-0.15, -0.1) is 11.8 Å². The van der Waals surface area contributed by atoms with Crippen molar-refractivity contribution in [2.45, 2.75) is 18.2 Å². The Labute approximate surface area is 144 Å². The van der Waals surface area contributed by atoms with Crippen molar-refractivity contribution in [2.24, 2.45) is 0 Å². The first-order chi connectivity index (χ1) is 11.6. The highest BCUT2D eigenvalue weighted by Gasteiger charge is 2.09. The summed E-state index contributed by atoms with van der Waals surface area (Å²) in [5.74, 6) is -0.874. The Morgan fingerprint density at radius 2 is 1.83 bits per heavy atom. The number of rotatable bonds is 7. The summed E-state index contributed by atoms with van der Waals surface area (Å²) < 4.78 is 18.5. The number of hydrogen-bond donors (Lipinski definition) is 1. The molecule has 126 valence electrons. The fourth-order valence-corrected chi connectivity index (χ4v) is 2.61. The maximum Gasteiger partial charge on any atom is 0.338 e. The molecule has 0 radical (unpaired) electrons. The van der Waals surface area contributed by atoms with Gasteiger partial charge in [-0.2, -0.15) is 0 Å². The summed E-state index contributed by atoms with van der Waals surface area (Å²) in [7, 11) is 0. The van der Waals surface area contributed by atoms with Crippen molar-refractivity contribution < 1.29 is 18.7 Å². The molecule has 24 heavy (non-hydrogen) atoms. The van der Waals surface area contributed by atoms with Crippen LogP contribution in [0, 0.1) is 5.82 Å². The van der Waals surface area contributed by atoms with Gasteiger partial charge < -0.3 is 10.1 Å². The Balaban J connectivity index is 1.85. The molecule has 0 bridgehead atoms. The van der Waals surface area contributed by atoms with Crippen LogP contribution in [0.4, 0.5) is 10.1 Å². The second kappa shape index (κ2) is 9.08. The lowest BCUT2D eigenvalue weighted by Gasteiger charge is -2.07. The fourth-order valence-electron chi connectivity index (χ4n) is 1.87. The van der Waals surface area contributed by atoms with E-state index < -0.39 is 0 Å². The highest BCUT2D eigenvalue weighted by atomic mass is 32.2. The van der Waals surface area contributed by atoms with Gasteiger partial charge >= 0.3 is 5.97 Å². The Kier molecular flexibility index (Phi) is 6.81. The molecule has 0 spiro atoms. The molecule has 0 aliphatic rings. The van der Waals surface area contributed by atoms with Crippen LogP contribution < -0.4 is 5.32 Å². The van der Waals surface area contributed by atoms with E-state index >= 15 is 0 Å². The third-order valence-corrected chi connectivity index (χ3v) is 4.09. The molecule has 2 rings (SSSR count). The molecule has 0 atom stereocenters. The smallest absolute Gasteiger partial charge is 0.338 e. The summed E-state index contributed by atoms with van der Waals surface area (Å²) >= 11 is 1.13. The van der Waals surface area contributed by atoms with Crippen LogP contribution in [0.3, 0.4) is 0 Å². The Bertz CT molecular complexity index is 704. The molecule has 0 heterocycles. The molecule has 4 nitrogen and oxygen atoms in total. The first-order valence-corrected chi connectivity index (χ1v) is 8.53. The third-order valence-electron chi connectivity index (χ3n) is 3.04. The number of hydrogen-bond acceptors (Lipinski definition) is 4. The zero-order valence-corrected chi connectivity index (χ0v) is 14.1. The lowest BCUT2D eigenvalue weighted by molar-refractivity contribution is -0.113. The van der Waals surface area contributed by atoms with E-state index in [1.54, 1.807) is 42.5 Å². The number of benzene rings is 2. The minimum absolute atomic E-state index is 0.0984. The molecule has 1 N–H and O–H groups in total. The van der Waals surface area contributed by atoms with E-state index in [2.05, 4.69) is 5.32 Å². The number of esters is 1. The minimum atomic E-state index is -0.384. The van der Waals surface area contributed by atoms with E-state index in [9.17, 15) is 14.0 Å². The number of carbonyl (C=O) groups is 2. The first-order valence-electron chi connectivity index (χ1n) is 7.54. The molecule has 0 aliphatic heterocycles. The van der Waals surface area contributed by atoms with Gasteiger partial charge in [0.05, 0.1) is 17.9 Å². The van der Waals surface area contributed by atoms with E-state index in [1.807, 2.05) is 6.92 Å². The summed E-state index contributed by atoms with van der Waals surface area (Å²) in [5.41, 5.74) is 1.00. The number of nitrogens with one attached hydrogen (secondary N) is 1. The molecule has 0 saturated carbocycles. The van der Waals surface area contributed by atoms with Gasteiger partial charge in [0.2, 0.25) is 5.91 Å². The van der Waals surface area contributed by atoms with Gasteiger partial charge in [0.1, 0.15) is 5.82 Å². The molecule has 1 amide bonds. The van der Waals surface area contributed by atoms with Gasteiger partial charge in [-0.3, -0.25) is 4.79 Å².